The summed E-state index contributed by atoms with van der Waals surface area (Å²) in [5.74, 6) is 0.943. The number of furan rings is 1. The molecule has 2 rings (SSSR count). The van der Waals surface area contributed by atoms with E-state index in [0.29, 0.717) is 5.76 Å². The normalized spacial score (nSPS) is 10.5. The van der Waals surface area contributed by atoms with Gasteiger partial charge in [0.05, 0.1) is 0 Å². The molecule has 0 fully saturated rings. The van der Waals surface area contributed by atoms with E-state index in [1.54, 1.807) is 6.07 Å². The molecule has 0 aliphatic heterocycles. The van der Waals surface area contributed by atoms with Gasteiger partial charge in [-0.1, -0.05) is 26.0 Å². The van der Waals surface area contributed by atoms with Crippen LogP contribution >= 0.6 is 0 Å². The number of carbonyl (C=O) groups is 1. The zero-order valence-electron chi connectivity index (χ0n) is 11.9. The van der Waals surface area contributed by atoms with E-state index in [1.165, 1.54) is 5.56 Å². The lowest BCUT2D eigenvalue weighted by atomic mass is 10.2. The predicted molar refractivity (Wildman–Crippen MR) is 79.9 cm³/mol. The third-order valence-electron chi connectivity index (χ3n) is 3.02. The van der Waals surface area contributed by atoms with E-state index >= 15 is 0 Å². The quantitative estimate of drug-likeness (QED) is 0.849. The molecule has 0 saturated carbocycles. The molecule has 106 valence electrons. The number of hydrogen-bond acceptors (Lipinski definition) is 3. The van der Waals surface area contributed by atoms with Crippen molar-refractivity contribution in [1.82, 2.24) is 5.32 Å². The second kappa shape index (κ2) is 6.91. The molecule has 1 amide bonds. The summed E-state index contributed by atoms with van der Waals surface area (Å²) in [6, 6.07) is 11.3. The molecule has 0 spiro atoms. The fourth-order valence-corrected chi connectivity index (χ4v) is 1.86. The minimum atomic E-state index is -0.218. The van der Waals surface area contributed by atoms with Crippen molar-refractivity contribution >= 4 is 11.6 Å². The summed E-state index contributed by atoms with van der Waals surface area (Å²) in [5, 5.41) is 6.08. The summed E-state index contributed by atoms with van der Waals surface area (Å²) < 4.78 is 5.42. The molecule has 4 heteroatoms. The molecule has 0 atom stereocenters. The van der Waals surface area contributed by atoms with Gasteiger partial charge in [-0.25, -0.2) is 0 Å². The summed E-state index contributed by atoms with van der Waals surface area (Å²) in [5.41, 5.74) is 1.96. The molecule has 20 heavy (non-hydrogen) atoms. The van der Waals surface area contributed by atoms with Gasteiger partial charge in [0.2, 0.25) is 0 Å². The molecule has 0 aliphatic carbocycles. The van der Waals surface area contributed by atoms with Crippen LogP contribution in [0.1, 0.15) is 35.7 Å². The van der Waals surface area contributed by atoms with E-state index in [9.17, 15) is 4.79 Å². The molecule has 0 radical (unpaired) electrons. The van der Waals surface area contributed by atoms with Crippen LogP contribution in [0, 0.1) is 0 Å². The first-order valence-corrected chi connectivity index (χ1v) is 6.92. The van der Waals surface area contributed by atoms with Gasteiger partial charge in [0.25, 0.3) is 5.91 Å². The number of benzene rings is 1. The van der Waals surface area contributed by atoms with Gasteiger partial charge >= 0.3 is 0 Å². The van der Waals surface area contributed by atoms with E-state index in [0.717, 1.165) is 31.0 Å². The first-order valence-electron chi connectivity index (χ1n) is 6.92. The van der Waals surface area contributed by atoms with E-state index in [-0.39, 0.29) is 5.91 Å². The number of rotatable bonds is 6. The van der Waals surface area contributed by atoms with E-state index in [1.807, 2.05) is 37.3 Å². The highest BCUT2D eigenvalue weighted by Gasteiger charge is 2.10. The van der Waals surface area contributed by atoms with Crippen LogP contribution in [0.3, 0.4) is 0 Å². The average Bonchev–Trinajstić information content (AvgIpc) is 2.95. The van der Waals surface area contributed by atoms with Crippen molar-refractivity contribution in [2.75, 3.05) is 11.9 Å². The van der Waals surface area contributed by atoms with Gasteiger partial charge in [0, 0.05) is 18.7 Å². The fourth-order valence-electron chi connectivity index (χ4n) is 1.86. The van der Waals surface area contributed by atoms with Crippen molar-refractivity contribution in [3.05, 3.63) is 53.5 Å². The standard InChI is InChI=1S/C16H20N2O2/c1-3-14-9-10-15(20-14)16(19)18-13-7-5-12(6-8-13)11-17-4-2/h5-10,17H,3-4,11H2,1-2H3,(H,18,19). The minimum Gasteiger partial charge on any atom is -0.456 e. The second-order valence-electron chi connectivity index (χ2n) is 4.55. The lowest BCUT2D eigenvalue weighted by Gasteiger charge is -2.05. The molecule has 1 aromatic carbocycles. The SMILES string of the molecule is CCNCc1ccc(NC(=O)c2ccc(CC)o2)cc1. The van der Waals surface area contributed by atoms with Crippen molar-refractivity contribution in [3.8, 4) is 0 Å². The average molecular weight is 272 g/mol. The van der Waals surface area contributed by atoms with Crippen LogP contribution in [-0.2, 0) is 13.0 Å². The molecule has 0 bridgehead atoms. The van der Waals surface area contributed by atoms with E-state index < -0.39 is 0 Å². The maximum atomic E-state index is 12.0. The Labute approximate surface area is 119 Å². The summed E-state index contributed by atoms with van der Waals surface area (Å²) in [6.45, 7) is 5.84. The predicted octanol–water partition coefficient (Wildman–Crippen LogP) is 3.20. The van der Waals surface area contributed by atoms with E-state index in [4.69, 9.17) is 4.42 Å². The van der Waals surface area contributed by atoms with Crippen LogP contribution in [0.25, 0.3) is 0 Å². The highest BCUT2D eigenvalue weighted by Crippen LogP contribution is 2.13. The van der Waals surface area contributed by atoms with Gasteiger partial charge in [-0.05, 0) is 36.4 Å². The molecular weight excluding hydrogens is 252 g/mol. The maximum absolute atomic E-state index is 12.0. The summed E-state index contributed by atoms with van der Waals surface area (Å²) in [7, 11) is 0. The molecule has 0 saturated heterocycles. The number of aryl methyl sites for hydroxylation is 1. The molecule has 0 unspecified atom stereocenters. The van der Waals surface area contributed by atoms with E-state index in [2.05, 4.69) is 17.6 Å². The topological polar surface area (TPSA) is 54.3 Å². The Hall–Kier alpha value is -2.07. The minimum absolute atomic E-state index is 0.218. The van der Waals surface area contributed by atoms with Gasteiger partial charge in [0.1, 0.15) is 5.76 Å². The zero-order valence-corrected chi connectivity index (χ0v) is 11.9. The van der Waals surface area contributed by atoms with Crippen molar-refractivity contribution < 1.29 is 9.21 Å². The third kappa shape index (κ3) is 3.71. The molecular formula is C16H20N2O2. The lowest BCUT2D eigenvalue weighted by Crippen LogP contribution is -2.12. The summed E-state index contributed by atoms with van der Waals surface area (Å²) in [4.78, 5) is 12.0. The lowest BCUT2D eigenvalue weighted by molar-refractivity contribution is 0.0995. The largest absolute Gasteiger partial charge is 0.456 e. The monoisotopic (exact) mass is 272 g/mol. The van der Waals surface area contributed by atoms with Crippen LogP contribution in [0.2, 0.25) is 0 Å². The molecule has 2 N–H and O–H groups in total. The number of hydrogen-bond donors (Lipinski definition) is 2. The molecule has 1 heterocycles. The van der Waals surface area contributed by atoms with Gasteiger partial charge in [-0.15, -0.1) is 0 Å². The molecule has 2 aromatic rings. The Balaban J connectivity index is 1.97. The number of amides is 1. The summed E-state index contributed by atoms with van der Waals surface area (Å²) in [6.07, 6.45) is 0.784. The van der Waals surface area contributed by atoms with Crippen LogP contribution in [-0.4, -0.2) is 12.5 Å². The van der Waals surface area contributed by atoms with Gasteiger partial charge in [-0.3, -0.25) is 4.79 Å². The van der Waals surface area contributed by atoms with Crippen molar-refractivity contribution in [1.29, 1.82) is 0 Å². The highest BCUT2D eigenvalue weighted by atomic mass is 16.3. The van der Waals surface area contributed by atoms with Gasteiger partial charge < -0.3 is 15.1 Å². The Kier molecular flexibility index (Phi) is 4.96. The van der Waals surface area contributed by atoms with Crippen LogP contribution < -0.4 is 10.6 Å². The Bertz CT molecular complexity index is 558. The van der Waals surface area contributed by atoms with Gasteiger partial charge in [0.15, 0.2) is 5.76 Å². The van der Waals surface area contributed by atoms with Crippen molar-refractivity contribution in [3.63, 3.8) is 0 Å². The molecule has 0 aliphatic rings. The molecule has 1 aromatic heterocycles. The Morgan fingerprint density at radius 3 is 2.45 bits per heavy atom. The second-order valence-corrected chi connectivity index (χ2v) is 4.55. The maximum Gasteiger partial charge on any atom is 0.291 e. The van der Waals surface area contributed by atoms with Crippen LogP contribution in [0.4, 0.5) is 5.69 Å². The summed E-state index contributed by atoms with van der Waals surface area (Å²) >= 11 is 0. The first kappa shape index (κ1) is 14.3. The number of nitrogens with one attached hydrogen (secondary N) is 2. The fraction of sp³-hybridized carbons (Fsp3) is 0.312. The zero-order chi connectivity index (χ0) is 14.4. The number of anilines is 1. The van der Waals surface area contributed by atoms with Gasteiger partial charge in [-0.2, -0.15) is 0 Å². The van der Waals surface area contributed by atoms with Crippen molar-refractivity contribution in [2.24, 2.45) is 0 Å². The first-order chi connectivity index (χ1) is 9.72. The Morgan fingerprint density at radius 2 is 1.85 bits per heavy atom. The van der Waals surface area contributed by atoms with Crippen molar-refractivity contribution in [2.45, 2.75) is 26.8 Å². The Morgan fingerprint density at radius 1 is 1.10 bits per heavy atom. The molecule has 4 nitrogen and oxygen atoms in total. The van der Waals surface area contributed by atoms with Crippen LogP contribution in [0.15, 0.2) is 40.8 Å². The number of carbonyl (C=O) groups excluding carboxylic acids is 1. The van der Waals surface area contributed by atoms with Crippen LogP contribution in [0.5, 0.6) is 0 Å². The third-order valence-corrected chi connectivity index (χ3v) is 3.02. The highest BCUT2D eigenvalue weighted by molar-refractivity contribution is 6.02. The smallest absolute Gasteiger partial charge is 0.291 e.